The van der Waals surface area contributed by atoms with Gasteiger partial charge in [-0.3, -0.25) is 9.59 Å². The van der Waals surface area contributed by atoms with Gasteiger partial charge < -0.3 is 10.1 Å². The van der Waals surface area contributed by atoms with Crippen LogP contribution in [-0.2, 0) is 9.59 Å². The predicted octanol–water partition coefficient (Wildman–Crippen LogP) is 5.72. The van der Waals surface area contributed by atoms with Crippen molar-refractivity contribution in [2.45, 2.75) is 34.6 Å². The summed E-state index contributed by atoms with van der Waals surface area (Å²) in [5.41, 5.74) is 6.89. The SMILES string of the molecule is CCOc1ccc(N2C(=O)C(Nc3cc(C)cc(C)c3)=C(c3ccc(C)cc3C)C2=O)cc1. The lowest BCUT2D eigenvalue weighted by Gasteiger charge is -2.16. The Morgan fingerprint density at radius 3 is 2.06 bits per heavy atom. The van der Waals surface area contributed by atoms with Gasteiger partial charge in [0.15, 0.2) is 0 Å². The van der Waals surface area contributed by atoms with Gasteiger partial charge in [-0.1, -0.05) is 29.8 Å². The van der Waals surface area contributed by atoms with Gasteiger partial charge in [-0.15, -0.1) is 0 Å². The maximum atomic E-state index is 13.7. The molecule has 1 aliphatic heterocycles. The molecule has 0 fully saturated rings. The molecule has 168 valence electrons. The van der Waals surface area contributed by atoms with E-state index >= 15 is 0 Å². The second-order valence-corrected chi connectivity index (χ2v) is 8.44. The molecule has 33 heavy (non-hydrogen) atoms. The molecule has 3 aromatic rings. The number of carbonyl (C=O) groups is 2. The highest BCUT2D eigenvalue weighted by molar-refractivity contribution is 6.46. The number of aryl methyl sites for hydroxylation is 4. The molecule has 0 unspecified atom stereocenters. The summed E-state index contributed by atoms with van der Waals surface area (Å²) >= 11 is 0. The Labute approximate surface area is 194 Å². The second kappa shape index (κ2) is 8.94. The van der Waals surface area contributed by atoms with Gasteiger partial charge in [0.25, 0.3) is 11.8 Å². The third-order valence-electron chi connectivity index (χ3n) is 5.63. The Bertz CT molecular complexity index is 1250. The Morgan fingerprint density at radius 2 is 1.45 bits per heavy atom. The lowest BCUT2D eigenvalue weighted by atomic mass is 9.97. The molecule has 3 aromatic carbocycles. The van der Waals surface area contributed by atoms with Gasteiger partial charge >= 0.3 is 0 Å². The third-order valence-corrected chi connectivity index (χ3v) is 5.63. The molecular weight excluding hydrogens is 412 g/mol. The summed E-state index contributed by atoms with van der Waals surface area (Å²) in [7, 11) is 0. The minimum absolute atomic E-state index is 0.283. The van der Waals surface area contributed by atoms with E-state index in [0.29, 0.717) is 23.6 Å². The molecule has 1 N–H and O–H groups in total. The molecular formula is C28H28N2O3. The number of anilines is 2. The van der Waals surface area contributed by atoms with Crippen LogP contribution >= 0.6 is 0 Å². The van der Waals surface area contributed by atoms with Crippen LogP contribution in [0.25, 0.3) is 5.57 Å². The van der Waals surface area contributed by atoms with Crippen molar-refractivity contribution in [1.82, 2.24) is 0 Å². The summed E-state index contributed by atoms with van der Waals surface area (Å²) in [6.45, 7) is 10.4. The van der Waals surface area contributed by atoms with Crippen molar-refractivity contribution in [3.63, 3.8) is 0 Å². The van der Waals surface area contributed by atoms with E-state index in [1.165, 1.54) is 4.90 Å². The molecule has 5 heteroatoms. The van der Waals surface area contributed by atoms with Gasteiger partial charge in [-0.2, -0.15) is 0 Å². The molecule has 4 rings (SSSR count). The summed E-state index contributed by atoms with van der Waals surface area (Å²) in [4.78, 5) is 28.5. The van der Waals surface area contributed by atoms with Crippen LogP contribution in [0, 0.1) is 27.7 Å². The van der Waals surface area contributed by atoms with Crippen LogP contribution in [0.3, 0.4) is 0 Å². The number of nitrogens with zero attached hydrogens (tertiary/aromatic N) is 1. The first kappa shape index (κ1) is 22.3. The molecule has 1 heterocycles. The van der Waals surface area contributed by atoms with E-state index in [-0.39, 0.29) is 17.5 Å². The van der Waals surface area contributed by atoms with E-state index in [1.807, 2.05) is 65.0 Å². The number of nitrogens with one attached hydrogen (secondary N) is 1. The van der Waals surface area contributed by atoms with E-state index in [9.17, 15) is 9.59 Å². The zero-order valence-corrected chi connectivity index (χ0v) is 19.7. The molecule has 0 spiro atoms. The molecule has 0 aromatic heterocycles. The van der Waals surface area contributed by atoms with Crippen LogP contribution in [0.2, 0.25) is 0 Å². The average molecular weight is 441 g/mol. The summed E-state index contributed by atoms with van der Waals surface area (Å²) in [5, 5.41) is 3.27. The fourth-order valence-corrected chi connectivity index (χ4v) is 4.27. The Morgan fingerprint density at radius 1 is 0.788 bits per heavy atom. The fraction of sp³-hybridized carbons (Fsp3) is 0.214. The van der Waals surface area contributed by atoms with Crippen LogP contribution in [-0.4, -0.2) is 18.4 Å². The Balaban J connectivity index is 1.82. The first-order valence-corrected chi connectivity index (χ1v) is 11.1. The van der Waals surface area contributed by atoms with Crippen LogP contribution < -0.4 is 15.0 Å². The lowest BCUT2D eigenvalue weighted by Crippen LogP contribution is -2.32. The van der Waals surface area contributed by atoms with Crippen molar-refractivity contribution in [1.29, 1.82) is 0 Å². The number of hydrogen-bond acceptors (Lipinski definition) is 4. The third kappa shape index (κ3) is 4.40. The number of hydrogen-bond donors (Lipinski definition) is 1. The average Bonchev–Trinajstić information content (AvgIpc) is 2.98. The van der Waals surface area contributed by atoms with Gasteiger partial charge in [0.1, 0.15) is 11.4 Å². The van der Waals surface area contributed by atoms with Crippen molar-refractivity contribution in [3.8, 4) is 5.75 Å². The Hall–Kier alpha value is -3.86. The van der Waals surface area contributed by atoms with Gasteiger partial charge in [0.05, 0.1) is 17.9 Å². The minimum atomic E-state index is -0.377. The molecule has 0 saturated carbocycles. The van der Waals surface area contributed by atoms with E-state index in [1.54, 1.807) is 24.3 Å². The summed E-state index contributed by atoms with van der Waals surface area (Å²) < 4.78 is 5.51. The molecule has 0 saturated heterocycles. The summed E-state index contributed by atoms with van der Waals surface area (Å²) in [6, 6.07) is 18.9. The van der Waals surface area contributed by atoms with Crippen LogP contribution in [0.5, 0.6) is 5.75 Å². The van der Waals surface area contributed by atoms with Crippen molar-refractivity contribution in [2.24, 2.45) is 0 Å². The number of benzene rings is 3. The van der Waals surface area contributed by atoms with Gasteiger partial charge in [-0.05, 0) is 93.3 Å². The van der Waals surface area contributed by atoms with E-state index in [4.69, 9.17) is 4.74 Å². The molecule has 0 aliphatic carbocycles. The highest BCUT2D eigenvalue weighted by Gasteiger charge is 2.40. The molecule has 0 radical (unpaired) electrons. The van der Waals surface area contributed by atoms with E-state index in [0.717, 1.165) is 33.5 Å². The largest absolute Gasteiger partial charge is 0.494 e. The van der Waals surface area contributed by atoms with Crippen molar-refractivity contribution >= 4 is 28.8 Å². The van der Waals surface area contributed by atoms with Crippen LogP contribution in [0.15, 0.2) is 66.4 Å². The van der Waals surface area contributed by atoms with Gasteiger partial charge in [-0.25, -0.2) is 4.90 Å². The number of carbonyl (C=O) groups excluding carboxylic acids is 2. The fourth-order valence-electron chi connectivity index (χ4n) is 4.27. The first-order valence-electron chi connectivity index (χ1n) is 11.1. The van der Waals surface area contributed by atoms with Crippen molar-refractivity contribution in [3.05, 3.63) is 94.2 Å². The van der Waals surface area contributed by atoms with E-state index < -0.39 is 0 Å². The zero-order chi connectivity index (χ0) is 23.7. The molecule has 0 atom stereocenters. The summed E-state index contributed by atoms with van der Waals surface area (Å²) in [5.74, 6) is -0.0298. The quantitative estimate of drug-likeness (QED) is 0.499. The highest BCUT2D eigenvalue weighted by atomic mass is 16.5. The molecule has 5 nitrogen and oxygen atoms in total. The topological polar surface area (TPSA) is 58.6 Å². The maximum Gasteiger partial charge on any atom is 0.282 e. The first-order chi connectivity index (χ1) is 15.8. The summed E-state index contributed by atoms with van der Waals surface area (Å²) in [6.07, 6.45) is 0. The Kier molecular flexibility index (Phi) is 6.05. The van der Waals surface area contributed by atoms with Crippen molar-refractivity contribution in [2.75, 3.05) is 16.8 Å². The van der Waals surface area contributed by atoms with Crippen LogP contribution in [0.4, 0.5) is 11.4 Å². The number of ether oxygens (including phenoxy) is 1. The number of imide groups is 1. The van der Waals surface area contributed by atoms with Crippen LogP contribution in [0.1, 0.15) is 34.7 Å². The van der Waals surface area contributed by atoms with Gasteiger partial charge in [0, 0.05) is 5.69 Å². The standard InChI is InChI=1S/C28H28N2O3/c1-6-33-23-10-8-22(9-11-23)30-27(31)25(24-12-7-17(2)14-20(24)5)26(28(30)32)29-21-15-18(3)13-19(4)16-21/h7-16,29H,6H2,1-5H3. The van der Waals surface area contributed by atoms with E-state index in [2.05, 4.69) is 11.4 Å². The normalized spacial score (nSPS) is 13.7. The minimum Gasteiger partial charge on any atom is -0.494 e. The smallest absolute Gasteiger partial charge is 0.282 e. The molecule has 1 aliphatic rings. The monoisotopic (exact) mass is 440 g/mol. The van der Waals surface area contributed by atoms with Crippen molar-refractivity contribution < 1.29 is 14.3 Å². The lowest BCUT2D eigenvalue weighted by molar-refractivity contribution is -0.120. The highest BCUT2D eigenvalue weighted by Crippen LogP contribution is 2.36. The van der Waals surface area contributed by atoms with Gasteiger partial charge in [0.2, 0.25) is 0 Å². The predicted molar refractivity (Wildman–Crippen MR) is 132 cm³/mol. The zero-order valence-electron chi connectivity index (χ0n) is 19.7. The number of rotatable bonds is 6. The maximum absolute atomic E-state index is 13.7. The molecule has 0 bridgehead atoms. The molecule has 2 amide bonds. The second-order valence-electron chi connectivity index (χ2n) is 8.44. The number of amides is 2.